The van der Waals surface area contributed by atoms with Gasteiger partial charge in [0.15, 0.2) is 17.0 Å². The molecular formula is C28H28N4O4. The lowest BCUT2D eigenvalue weighted by Crippen LogP contribution is -2.14. The molecule has 5 aromatic rings. The van der Waals surface area contributed by atoms with Crippen molar-refractivity contribution in [1.29, 1.82) is 0 Å². The quantitative estimate of drug-likeness (QED) is 0.288. The van der Waals surface area contributed by atoms with Gasteiger partial charge in [-0.05, 0) is 37.3 Å². The second-order valence-corrected chi connectivity index (χ2v) is 9.29. The first-order valence-corrected chi connectivity index (χ1v) is 12.1. The SMILES string of the molecule is CCOC(=O)c1cccc(-n2cc(OC(=O)C(C)C)c3c2nc(C(C)C)n2c4ccccc4nc32)c1. The Morgan fingerprint density at radius 2 is 1.75 bits per heavy atom. The van der Waals surface area contributed by atoms with Gasteiger partial charge in [-0.3, -0.25) is 13.8 Å². The van der Waals surface area contributed by atoms with Gasteiger partial charge in [0, 0.05) is 11.6 Å². The summed E-state index contributed by atoms with van der Waals surface area (Å²) in [4.78, 5) is 35.0. The molecule has 0 saturated heterocycles. The highest BCUT2D eigenvalue weighted by Crippen LogP contribution is 2.36. The Balaban J connectivity index is 1.85. The van der Waals surface area contributed by atoms with Crippen molar-refractivity contribution in [3.8, 4) is 11.4 Å². The number of benzene rings is 2. The highest BCUT2D eigenvalue weighted by atomic mass is 16.5. The first-order chi connectivity index (χ1) is 17.3. The Morgan fingerprint density at radius 3 is 2.47 bits per heavy atom. The van der Waals surface area contributed by atoms with E-state index in [1.807, 2.05) is 39.3 Å². The number of ether oxygens (including phenoxy) is 2. The fraction of sp³-hybridized carbons (Fsp3) is 0.286. The van der Waals surface area contributed by atoms with Crippen molar-refractivity contribution in [2.24, 2.45) is 5.92 Å². The maximum absolute atomic E-state index is 12.7. The lowest BCUT2D eigenvalue weighted by molar-refractivity contribution is -0.137. The minimum absolute atomic E-state index is 0.0883. The van der Waals surface area contributed by atoms with E-state index in [1.54, 1.807) is 45.2 Å². The predicted molar refractivity (Wildman–Crippen MR) is 138 cm³/mol. The number of hydrogen-bond acceptors (Lipinski definition) is 6. The summed E-state index contributed by atoms with van der Waals surface area (Å²) in [7, 11) is 0. The second kappa shape index (κ2) is 9.11. The number of aromatic nitrogens is 4. The van der Waals surface area contributed by atoms with Gasteiger partial charge in [-0.1, -0.05) is 45.9 Å². The van der Waals surface area contributed by atoms with Crippen LogP contribution in [0, 0.1) is 5.92 Å². The Labute approximate surface area is 208 Å². The zero-order valence-corrected chi connectivity index (χ0v) is 21.0. The summed E-state index contributed by atoms with van der Waals surface area (Å²) < 4.78 is 14.9. The van der Waals surface area contributed by atoms with Gasteiger partial charge >= 0.3 is 11.9 Å². The summed E-state index contributed by atoms with van der Waals surface area (Å²) in [6.45, 7) is 9.80. The van der Waals surface area contributed by atoms with E-state index in [0.29, 0.717) is 33.7 Å². The largest absolute Gasteiger partial charge is 0.462 e. The standard InChI is InChI=1S/C28H28N4O4/c1-6-35-28(34)18-10-9-11-19(14-18)31-15-22(36-27(33)17(4)5)23-25(31)30-24(16(2)3)32-21-13-8-7-12-20(21)29-26(23)32/h7-17H,6H2,1-5H3. The molecule has 0 spiro atoms. The second-order valence-electron chi connectivity index (χ2n) is 9.29. The van der Waals surface area contributed by atoms with E-state index in [1.165, 1.54) is 0 Å². The van der Waals surface area contributed by atoms with E-state index >= 15 is 0 Å². The number of fused-ring (bicyclic) bond motifs is 5. The highest BCUT2D eigenvalue weighted by molar-refractivity contribution is 6.02. The minimum Gasteiger partial charge on any atom is -0.462 e. The van der Waals surface area contributed by atoms with Gasteiger partial charge in [0.1, 0.15) is 11.2 Å². The van der Waals surface area contributed by atoms with Crippen molar-refractivity contribution in [2.45, 2.75) is 40.5 Å². The lowest BCUT2D eigenvalue weighted by atomic mass is 10.2. The van der Waals surface area contributed by atoms with Gasteiger partial charge in [-0.2, -0.15) is 0 Å². The average molecular weight is 485 g/mol. The van der Waals surface area contributed by atoms with Crippen molar-refractivity contribution < 1.29 is 19.1 Å². The number of nitrogens with zero attached hydrogens (tertiary/aromatic N) is 4. The third-order valence-electron chi connectivity index (χ3n) is 6.01. The first kappa shape index (κ1) is 23.5. The molecule has 3 heterocycles. The summed E-state index contributed by atoms with van der Waals surface area (Å²) in [6, 6.07) is 15.0. The molecule has 0 aliphatic rings. The number of carbonyl (C=O) groups is 2. The fourth-order valence-electron chi connectivity index (χ4n) is 4.26. The summed E-state index contributed by atoms with van der Waals surface area (Å²) >= 11 is 0. The van der Waals surface area contributed by atoms with Crippen molar-refractivity contribution in [3.63, 3.8) is 0 Å². The van der Waals surface area contributed by atoms with Gasteiger partial charge < -0.3 is 9.47 Å². The van der Waals surface area contributed by atoms with E-state index in [-0.39, 0.29) is 24.4 Å². The molecule has 184 valence electrons. The van der Waals surface area contributed by atoms with Gasteiger partial charge in [-0.15, -0.1) is 0 Å². The monoisotopic (exact) mass is 484 g/mol. The van der Waals surface area contributed by atoms with Crippen LogP contribution in [0.2, 0.25) is 0 Å². The summed E-state index contributed by atoms with van der Waals surface area (Å²) in [5.74, 6) is 0.220. The molecule has 0 atom stereocenters. The van der Waals surface area contributed by atoms with Crippen LogP contribution in [0.15, 0.2) is 54.7 Å². The molecule has 3 aromatic heterocycles. The van der Waals surface area contributed by atoms with Crippen LogP contribution in [-0.4, -0.2) is 37.5 Å². The van der Waals surface area contributed by atoms with Crippen LogP contribution >= 0.6 is 0 Å². The summed E-state index contributed by atoms with van der Waals surface area (Å²) in [5, 5.41) is 0.631. The molecule has 36 heavy (non-hydrogen) atoms. The first-order valence-electron chi connectivity index (χ1n) is 12.1. The molecule has 5 rings (SSSR count). The Kier molecular flexibility index (Phi) is 5.96. The number of carbonyl (C=O) groups excluding carboxylic acids is 2. The van der Waals surface area contributed by atoms with Gasteiger partial charge in [-0.25, -0.2) is 14.8 Å². The Morgan fingerprint density at radius 1 is 0.972 bits per heavy atom. The van der Waals surface area contributed by atoms with Crippen molar-refractivity contribution in [2.75, 3.05) is 6.61 Å². The van der Waals surface area contributed by atoms with E-state index in [0.717, 1.165) is 16.9 Å². The van der Waals surface area contributed by atoms with Crippen molar-refractivity contribution >= 4 is 39.7 Å². The molecule has 0 amide bonds. The molecule has 0 saturated carbocycles. The highest BCUT2D eigenvalue weighted by Gasteiger charge is 2.25. The van der Waals surface area contributed by atoms with Crippen molar-refractivity contribution in [3.05, 3.63) is 66.1 Å². The third kappa shape index (κ3) is 3.88. The minimum atomic E-state index is -0.403. The van der Waals surface area contributed by atoms with Crippen LogP contribution in [0.1, 0.15) is 56.7 Å². The molecule has 0 aliphatic carbocycles. The van der Waals surface area contributed by atoms with E-state index in [9.17, 15) is 9.59 Å². The molecule has 0 N–H and O–H groups in total. The molecule has 8 heteroatoms. The van der Waals surface area contributed by atoms with E-state index in [4.69, 9.17) is 19.4 Å². The van der Waals surface area contributed by atoms with Crippen LogP contribution in [0.5, 0.6) is 5.75 Å². The molecule has 0 bridgehead atoms. The van der Waals surface area contributed by atoms with E-state index in [2.05, 4.69) is 13.8 Å². The van der Waals surface area contributed by atoms with Crippen LogP contribution in [-0.2, 0) is 9.53 Å². The maximum atomic E-state index is 12.7. The van der Waals surface area contributed by atoms with Gasteiger partial charge in [0.25, 0.3) is 0 Å². The molecule has 0 aliphatic heterocycles. The fourth-order valence-corrected chi connectivity index (χ4v) is 4.26. The predicted octanol–water partition coefficient (Wildman–Crippen LogP) is 5.69. The summed E-state index contributed by atoms with van der Waals surface area (Å²) in [5.41, 5.74) is 4.13. The van der Waals surface area contributed by atoms with Gasteiger partial charge in [0.2, 0.25) is 0 Å². The molecule has 8 nitrogen and oxygen atoms in total. The Hall–Kier alpha value is -4.20. The van der Waals surface area contributed by atoms with Crippen LogP contribution < -0.4 is 4.74 Å². The number of para-hydroxylation sites is 2. The van der Waals surface area contributed by atoms with Crippen LogP contribution in [0.4, 0.5) is 0 Å². The number of esters is 2. The lowest BCUT2D eigenvalue weighted by Gasteiger charge is -2.12. The topological polar surface area (TPSA) is 87.7 Å². The molecular weight excluding hydrogens is 456 g/mol. The van der Waals surface area contributed by atoms with E-state index < -0.39 is 5.97 Å². The van der Waals surface area contributed by atoms with Crippen LogP contribution in [0.25, 0.3) is 33.4 Å². The van der Waals surface area contributed by atoms with Crippen molar-refractivity contribution in [1.82, 2.24) is 18.9 Å². The number of hydrogen-bond donors (Lipinski definition) is 0. The number of rotatable bonds is 6. The normalized spacial score (nSPS) is 11.8. The molecule has 0 unspecified atom stereocenters. The molecule has 2 aromatic carbocycles. The average Bonchev–Trinajstić information content (AvgIpc) is 3.42. The van der Waals surface area contributed by atoms with Gasteiger partial charge in [0.05, 0.1) is 35.3 Å². The van der Waals surface area contributed by atoms with Crippen LogP contribution in [0.3, 0.4) is 0 Å². The summed E-state index contributed by atoms with van der Waals surface area (Å²) in [6.07, 6.45) is 1.74. The molecule has 0 fully saturated rings. The zero-order chi connectivity index (χ0) is 25.6. The number of imidazole rings is 1. The third-order valence-corrected chi connectivity index (χ3v) is 6.01. The smallest absolute Gasteiger partial charge is 0.338 e. The zero-order valence-electron chi connectivity index (χ0n) is 21.0. The molecule has 0 radical (unpaired) electrons. The Bertz CT molecular complexity index is 1630. The maximum Gasteiger partial charge on any atom is 0.338 e.